The third-order valence-electron chi connectivity index (χ3n) is 5.25. The molecule has 5 rings (SSSR count). The molecule has 0 amide bonds. The molecular formula is C27H22NO3P. The maximum absolute atomic E-state index is 13.2. The zero-order valence-corrected chi connectivity index (χ0v) is 18.3. The molecule has 0 saturated heterocycles. The van der Waals surface area contributed by atoms with Gasteiger partial charge in [0.05, 0.1) is 13.8 Å². The van der Waals surface area contributed by atoms with Crippen molar-refractivity contribution in [1.29, 1.82) is 0 Å². The van der Waals surface area contributed by atoms with E-state index in [9.17, 15) is 4.79 Å². The fraction of sp³-hybridized carbons (Fsp3) is 0.0741. The van der Waals surface area contributed by atoms with Gasteiger partial charge in [0, 0.05) is 17.2 Å². The van der Waals surface area contributed by atoms with E-state index in [1.807, 2.05) is 108 Å². The van der Waals surface area contributed by atoms with Gasteiger partial charge < -0.3 is 14.2 Å². The van der Waals surface area contributed by atoms with Crippen LogP contribution < -0.4 is 20.2 Å². The summed E-state index contributed by atoms with van der Waals surface area (Å²) in [6.07, 6.45) is -0.864. The Morgan fingerprint density at radius 1 is 0.719 bits per heavy atom. The highest BCUT2D eigenvalue weighted by atomic mass is 31.1. The number of rotatable bonds is 6. The fourth-order valence-electron chi connectivity index (χ4n) is 3.74. The van der Waals surface area contributed by atoms with Crippen molar-refractivity contribution in [3.8, 4) is 5.75 Å². The van der Waals surface area contributed by atoms with Crippen molar-refractivity contribution in [3.05, 3.63) is 121 Å². The number of fused-ring (bicyclic) bond motifs is 1. The molecule has 0 aliphatic carbocycles. The fourth-order valence-corrected chi connectivity index (χ4v) is 5.57. The molecule has 0 spiro atoms. The number of anilines is 1. The first kappa shape index (κ1) is 20.4. The molecule has 0 fully saturated rings. The lowest BCUT2D eigenvalue weighted by Crippen LogP contribution is -2.48. The van der Waals surface area contributed by atoms with E-state index in [2.05, 4.69) is 12.1 Å². The van der Waals surface area contributed by atoms with Crippen LogP contribution in [0.1, 0.15) is 5.56 Å². The van der Waals surface area contributed by atoms with Gasteiger partial charge in [-0.05, 0) is 17.7 Å². The van der Waals surface area contributed by atoms with Crippen molar-refractivity contribution in [1.82, 2.24) is 0 Å². The number of carbonyl (C=O) groups is 1. The van der Waals surface area contributed by atoms with Crippen molar-refractivity contribution in [2.45, 2.75) is 12.8 Å². The summed E-state index contributed by atoms with van der Waals surface area (Å²) in [5.41, 5.74) is 1.94. The maximum Gasteiger partial charge on any atom is 0.362 e. The van der Waals surface area contributed by atoms with Crippen LogP contribution in [-0.4, -0.2) is 12.2 Å². The lowest BCUT2D eigenvalue weighted by Gasteiger charge is -2.38. The molecule has 5 heteroatoms. The van der Waals surface area contributed by atoms with E-state index >= 15 is 0 Å². The Labute approximate surface area is 188 Å². The molecule has 1 aliphatic rings. The normalized spacial score (nSPS) is 15.3. The van der Waals surface area contributed by atoms with Crippen molar-refractivity contribution in [3.63, 3.8) is 0 Å². The van der Waals surface area contributed by atoms with Crippen molar-refractivity contribution >= 4 is 30.4 Å². The van der Waals surface area contributed by atoms with Crippen LogP contribution in [0.25, 0.3) is 0 Å². The molecule has 32 heavy (non-hydrogen) atoms. The minimum atomic E-state index is -1.23. The molecule has 1 unspecified atom stereocenters. The molecule has 1 aliphatic heterocycles. The summed E-state index contributed by atoms with van der Waals surface area (Å²) in [5, 5.41) is 2.08. The Kier molecular flexibility index (Phi) is 5.98. The standard InChI is InChI=1S/C27H22NO3P/c29-27-26(31-32(22-14-6-2-7-15-22)23-16-8-3-9-17-23)28(20-21-12-4-1-5-13-21)24-18-10-11-19-25(24)30-27/h1-19,26H,20H2. The van der Waals surface area contributed by atoms with Gasteiger partial charge in [0.2, 0.25) is 6.23 Å². The highest BCUT2D eigenvalue weighted by Gasteiger charge is 2.38. The maximum atomic E-state index is 13.2. The van der Waals surface area contributed by atoms with E-state index in [4.69, 9.17) is 9.26 Å². The van der Waals surface area contributed by atoms with Gasteiger partial charge in [-0.25, -0.2) is 4.79 Å². The van der Waals surface area contributed by atoms with Crippen LogP contribution in [0.3, 0.4) is 0 Å². The molecular weight excluding hydrogens is 417 g/mol. The van der Waals surface area contributed by atoms with Gasteiger partial charge in [0.15, 0.2) is 5.75 Å². The van der Waals surface area contributed by atoms with E-state index in [0.717, 1.165) is 21.9 Å². The highest BCUT2D eigenvalue weighted by Crippen LogP contribution is 2.42. The summed E-state index contributed by atoms with van der Waals surface area (Å²) >= 11 is 0. The minimum Gasteiger partial charge on any atom is -0.421 e. The van der Waals surface area contributed by atoms with E-state index in [0.29, 0.717) is 12.3 Å². The van der Waals surface area contributed by atoms with E-state index in [1.54, 1.807) is 0 Å². The van der Waals surface area contributed by atoms with Crippen molar-refractivity contribution in [2.24, 2.45) is 0 Å². The monoisotopic (exact) mass is 439 g/mol. The van der Waals surface area contributed by atoms with Gasteiger partial charge >= 0.3 is 5.97 Å². The summed E-state index contributed by atoms with van der Waals surface area (Å²) in [4.78, 5) is 15.2. The second-order valence-electron chi connectivity index (χ2n) is 7.43. The first-order valence-electron chi connectivity index (χ1n) is 10.5. The Balaban J connectivity index is 1.55. The minimum absolute atomic E-state index is 0.404. The Morgan fingerprint density at radius 3 is 1.88 bits per heavy atom. The van der Waals surface area contributed by atoms with Crippen molar-refractivity contribution in [2.75, 3.05) is 4.90 Å². The van der Waals surface area contributed by atoms with Gasteiger partial charge in [0.1, 0.15) is 0 Å². The molecule has 1 atom stereocenters. The molecule has 0 bridgehead atoms. The van der Waals surface area contributed by atoms with Gasteiger partial charge in [-0.2, -0.15) is 0 Å². The van der Waals surface area contributed by atoms with E-state index in [-0.39, 0.29) is 0 Å². The van der Waals surface area contributed by atoms with Crippen LogP contribution in [0.15, 0.2) is 115 Å². The average molecular weight is 439 g/mol. The zero-order chi connectivity index (χ0) is 21.8. The van der Waals surface area contributed by atoms with Gasteiger partial charge in [-0.3, -0.25) is 0 Å². The molecule has 0 aromatic heterocycles. The number of hydrogen-bond donors (Lipinski definition) is 0. The molecule has 158 valence electrons. The average Bonchev–Trinajstić information content (AvgIpc) is 2.85. The second-order valence-corrected chi connectivity index (χ2v) is 9.26. The Bertz CT molecular complexity index is 1150. The van der Waals surface area contributed by atoms with Crippen LogP contribution in [0.5, 0.6) is 5.75 Å². The van der Waals surface area contributed by atoms with Crippen molar-refractivity contribution < 1.29 is 14.1 Å². The van der Waals surface area contributed by atoms with Crippen LogP contribution in [0.4, 0.5) is 5.69 Å². The summed E-state index contributed by atoms with van der Waals surface area (Å²) in [6, 6.07) is 37.8. The number of benzene rings is 4. The third-order valence-corrected chi connectivity index (χ3v) is 7.20. The van der Waals surface area contributed by atoms with Gasteiger partial charge in [0.25, 0.3) is 0 Å². The van der Waals surface area contributed by atoms with Gasteiger partial charge in [-0.1, -0.05) is 103 Å². The Morgan fingerprint density at radius 2 is 1.25 bits per heavy atom. The predicted octanol–water partition coefficient (Wildman–Crippen LogP) is 5.00. The molecule has 4 aromatic carbocycles. The predicted molar refractivity (Wildman–Crippen MR) is 129 cm³/mol. The zero-order valence-electron chi connectivity index (χ0n) is 17.4. The smallest absolute Gasteiger partial charge is 0.362 e. The van der Waals surface area contributed by atoms with E-state index < -0.39 is 20.3 Å². The third kappa shape index (κ3) is 4.29. The lowest BCUT2D eigenvalue weighted by molar-refractivity contribution is -0.143. The molecule has 0 saturated carbocycles. The first-order valence-corrected chi connectivity index (χ1v) is 11.7. The second kappa shape index (κ2) is 9.35. The first-order chi connectivity index (χ1) is 15.8. The number of para-hydroxylation sites is 2. The summed E-state index contributed by atoms with van der Waals surface area (Å²) < 4.78 is 12.3. The number of nitrogens with zero attached hydrogens (tertiary/aromatic N) is 1. The lowest BCUT2D eigenvalue weighted by atomic mass is 10.1. The van der Waals surface area contributed by atoms with Gasteiger partial charge in [-0.15, -0.1) is 0 Å². The number of esters is 1. The van der Waals surface area contributed by atoms with E-state index in [1.165, 1.54) is 0 Å². The molecule has 1 heterocycles. The van der Waals surface area contributed by atoms with Crippen LogP contribution in [0.2, 0.25) is 0 Å². The topological polar surface area (TPSA) is 38.8 Å². The number of ether oxygens (including phenoxy) is 1. The van der Waals surface area contributed by atoms with Crippen LogP contribution >= 0.6 is 8.15 Å². The summed E-state index contributed by atoms with van der Waals surface area (Å²) in [7, 11) is -1.23. The quantitative estimate of drug-likeness (QED) is 0.241. The number of hydrogen-bond acceptors (Lipinski definition) is 4. The Hall–Kier alpha value is -3.46. The largest absolute Gasteiger partial charge is 0.421 e. The molecule has 0 radical (unpaired) electrons. The molecule has 4 aromatic rings. The molecule has 0 N–H and O–H groups in total. The summed E-state index contributed by atoms with van der Waals surface area (Å²) in [6.45, 7) is 0.532. The highest BCUT2D eigenvalue weighted by molar-refractivity contribution is 7.68. The summed E-state index contributed by atoms with van der Waals surface area (Å²) in [5.74, 6) is 0.149. The molecule has 4 nitrogen and oxygen atoms in total. The SMILES string of the molecule is O=C1Oc2ccccc2N(Cc2ccccc2)C1OP(c1ccccc1)c1ccccc1. The number of carbonyl (C=O) groups excluding carboxylic acids is 1. The van der Waals surface area contributed by atoms with Crippen LogP contribution in [-0.2, 0) is 15.9 Å². The van der Waals surface area contributed by atoms with Crippen LogP contribution in [0, 0.1) is 0 Å².